The fourth-order valence-corrected chi connectivity index (χ4v) is 1.24. The second kappa shape index (κ2) is 5.32. The first-order chi connectivity index (χ1) is 5.00. The molecule has 1 aromatic heterocycles. The molecule has 0 aliphatic heterocycles. The van der Waals surface area contributed by atoms with Crippen molar-refractivity contribution in [3.63, 3.8) is 0 Å². The van der Waals surface area contributed by atoms with Gasteiger partial charge in [0.1, 0.15) is 0 Å². The average molecular weight is 231 g/mol. The van der Waals surface area contributed by atoms with Gasteiger partial charge in [-0.2, -0.15) is 0 Å². The average Bonchev–Trinajstić information content (AvgIpc) is 1.88. The summed E-state index contributed by atoms with van der Waals surface area (Å²) in [5.74, 6) is 0. The maximum absolute atomic E-state index is 9.75. The van der Waals surface area contributed by atoms with Crippen LogP contribution in [-0.4, -0.2) is 21.8 Å². The predicted molar refractivity (Wildman–Crippen MR) is 38.0 cm³/mol. The van der Waals surface area contributed by atoms with Crippen molar-refractivity contribution in [2.45, 2.75) is 0 Å². The van der Waals surface area contributed by atoms with Crippen LogP contribution in [0.2, 0.25) is 0 Å². The minimum absolute atomic E-state index is 0.661. The van der Waals surface area contributed by atoms with E-state index in [2.05, 4.69) is 22.0 Å². The molecule has 6 heteroatoms. The van der Waals surface area contributed by atoms with Gasteiger partial charge in [-0.25, -0.2) is 0 Å². The molecule has 0 spiro atoms. The second-order valence-electron chi connectivity index (χ2n) is 1.48. The molecule has 0 aliphatic carbocycles. The first-order valence-electron chi connectivity index (χ1n) is 2.68. The molecule has 0 unspecified atom stereocenters. The molecule has 0 N–H and O–H groups in total. The van der Waals surface area contributed by atoms with Crippen LogP contribution in [-0.2, 0) is 0 Å². The maximum atomic E-state index is 9.75. The van der Waals surface area contributed by atoms with Gasteiger partial charge in [-0.15, -0.1) is 0 Å². The molecule has 0 radical (unpaired) electrons. The number of halogens is 4. The van der Waals surface area contributed by atoms with Gasteiger partial charge in [0.25, 0.3) is 0 Å². The van der Waals surface area contributed by atoms with Crippen molar-refractivity contribution in [3.05, 3.63) is 28.1 Å². The van der Waals surface area contributed by atoms with Gasteiger partial charge in [-0.3, -0.25) is 0 Å². The zero-order valence-electron chi connectivity index (χ0n) is 5.38. The van der Waals surface area contributed by atoms with E-state index in [1.165, 1.54) is 0 Å². The van der Waals surface area contributed by atoms with E-state index in [1.54, 1.807) is 0 Å². The van der Waals surface area contributed by atoms with Crippen LogP contribution in [0.1, 0.15) is 0 Å². The van der Waals surface area contributed by atoms with E-state index in [0.717, 1.165) is 0 Å². The normalized spacial score (nSPS) is 9.82. The number of rotatable bonds is 0. The monoisotopic (exact) mass is 232 g/mol. The molecular weight excluding hydrogens is 226 g/mol. The zero-order valence-corrected chi connectivity index (χ0v) is 7.10. The Morgan fingerprint density at radius 1 is 0.818 bits per heavy atom. The molecule has 0 saturated carbocycles. The Kier molecular flexibility index (Phi) is 5.16. The first-order valence-corrected chi connectivity index (χ1v) is 4.66. The molecule has 0 bridgehead atoms. The van der Waals surface area contributed by atoms with Crippen LogP contribution in [0.4, 0.5) is 17.3 Å². The Morgan fingerprint density at radius 3 is 1.27 bits per heavy atom. The Hall–Kier alpha value is -0.346. The van der Waals surface area contributed by atoms with Gasteiger partial charge in [-0.1, -0.05) is 0 Å². The van der Waals surface area contributed by atoms with E-state index in [1.807, 2.05) is 6.07 Å². The van der Waals surface area contributed by atoms with Crippen LogP contribution in [0, 0.1) is 0 Å². The summed E-state index contributed by atoms with van der Waals surface area (Å²) in [6.07, 6.45) is 0. The predicted octanol–water partition coefficient (Wildman–Crippen LogP) is 2.32. The van der Waals surface area contributed by atoms with Crippen molar-refractivity contribution in [3.8, 4) is 0 Å². The Morgan fingerprint density at radius 2 is 1.18 bits per heavy atom. The van der Waals surface area contributed by atoms with Crippen molar-refractivity contribution >= 4 is 21.8 Å². The third-order valence-corrected chi connectivity index (χ3v) is 1.86. The Labute approximate surface area is 67.7 Å². The van der Waals surface area contributed by atoms with Crippen molar-refractivity contribution in [1.29, 1.82) is 0 Å². The topological polar surface area (TPSA) is 0 Å². The van der Waals surface area contributed by atoms with E-state index in [4.69, 9.17) is 0 Å². The molecule has 0 saturated heterocycles. The van der Waals surface area contributed by atoms with Gasteiger partial charge in [0.05, 0.1) is 0 Å². The molecule has 0 fully saturated rings. The molecule has 1 heterocycles. The van der Waals surface area contributed by atoms with Gasteiger partial charge >= 0.3 is 49.8 Å². The van der Waals surface area contributed by atoms with Gasteiger partial charge in [-0.05, 0) is 0 Å². The zero-order chi connectivity index (χ0) is 8.74. The number of hydrogen-bond donors (Lipinski definition) is 0. The molecule has 62 valence electrons. The van der Waals surface area contributed by atoms with Crippen LogP contribution < -0.4 is 0 Å². The van der Waals surface area contributed by atoms with Crippen molar-refractivity contribution in [2.75, 3.05) is 0 Å². The molecular formula is C5H5BF4Se. The molecule has 1 rings (SSSR count). The third kappa shape index (κ3) is 17.7. The first kappa shape index (κ1) is 10.7. The van der Waals surface area contributed by atoms with Crippen molar-refractivity contribution in [1.82, 2.24) is 0 Å². The summed E-state index contributed by atoms with van der Waals surface area (Å²) in [7, 11) is -6.00. The third-order valence-electron chi connectivity index (χ3n) is 0.536. The Bertz CT molecular complexity index is 143. The van der Waals surface area contributed by atoms with Gasteiger partial charge in [0.2, 0.25) is 0 Å². The van der Waals surface area contributed by atoms with Crippen molar-refractivity contribution < 1.29 is 17.3 Å². The summed E-state index contributed by atoms with van der Waals surface area (Å²) in [6.45, 7) is 0. The van der Waals surface area contributed by atoms with Gasteiger partial charge in [0, 0.05) is 0 Å². The standard InChI is InChI=1S/C5H5Se.BF4/c1-2-4-6-5-3-1;2-1(3,4)5/h1-5H;/q+1;-1. The molecule has 0 nitrogen and oxygen atoms in total. The molecule has 0 aliphatic rings. The molecule has 0 aromatic carbocycles. The second-order valence-corrected chi connectivity index (χ2v) is 3.19. The van der Waals surface area contributed by atoms with Crippen LogP contribution in [0.25, 0.3) is 0 Å². The van der Waals surface area contributed by atoms with Crippen LogP contribution in [0.3, 0.4) is 0 Å². The fourth-order valence-electron chi connectivity index (χ4n) is 0.291. The molecule has 1 aromatic rings. The van der Waals surface area contributed by atoms with E-state index in [0.29, 0.717) is 14.5 Å². The summed E-state index contributed by atoms with van der Waals surface area (Å²) in [5, 5.41) is 0. The van der Waals surface area contributed by atoms with E-state index in [9.17, 15) is 17.3 Å². The van der Waals surface area contributed by atoms with Crippen LogP contribution >= 0.6 is 0 Å². The SMILES string of the molecule is F[B-](F)(F)F.c1cc[se+]cc1. The van der Waals surface area contributed by atoms with E-state index >= 15 is 0 Å². The van der Waals surface area contributed by atoms with Gasteiger partial charge in [0.15, 0.2) is 0 Å². The minimum atomic E-state index is -6.00. The summed E-state index contributed by atoms with van der Waals surface area (Å²) in [4.78, 5) is 4.38. The summed E-state index contributed by atoms with van der Waals surface area (Å²) in [6, 6.07) is 6.21. The number of hydrogen-bond acceptors (Lipinski definition) is 0. The molecule has 0 atom stereocenters. The van der Waals surface area contributed by atoms with E-state index in [-0.39, 0.29) is 0 Å². The summed E-state index contributed by atoms with van der Waals surface area (Å²) in [5.41, 5.74) is 0. The molecule has 11 heavy (non-hydrogen) atoms. The van der Waals surface area contributed by atoms with E-state index < -0.39 is 7.25 Å². The fraction of sp³-hybridized carbons (Fsp3) is 0. The van der Waals surface area contributed by atoms with Gasteiger partial charge < -0.3 is 17.3 Å². The van der Waals surface area contributed by atoms with Crippen LogP contribution in [0.15, 0.2) is 28.1 Å². The summed E-state index contributed by atoms with van der Waals surface area (Å²) < 4.78 is 39.0. The molecule has 0 amide bonds. The quantitative estimate of drug-likeness (QED) is 0.474. The summed E-state index contributed by atoms with van der Waals surface area (Å²) >= 11 is 0.661. The Balaban J connectivity index is 0.000000187. The van der Waals surface area contributed by atoms with Crippen LogP contribution in [0.5, 0.6) is 0 Å². The van der Waals surface area contributed by atoms with Crippen molar-refractivity contribution in [2.24, 2.45) is 0 Å².